The monoisotopic (exact) mass is 428 g/mol. The number of hydrogen-bond acceptors (Lipinski definition) is 4. The molecule has 3 aromatic carbocycles. The molecule has 0 aliphatic carbocycles. The molecular formula is C25H24N4OS. The number of nitrogens with zero attached hydrogens (tertiary/aromatic N) is 3. The predicted molar refractivity (Wildman–Crippen MR) is 128 cm³/mol. The van der Waals surface area contributed by atoms with Crippen molar-refractivity contribution in [1.29, 1.82) is 0 Å². The van der Waals surface area contributed by atoms with Crippen molar-refractivity contribution in [2.45, 2.75) is 25.5 Å². The first-order chi connectivity index (χ1) is 15.1. The van der Waals surface area contributed by atoms with Gasteiger partial charge in [-0.3, -0.25) is 4.79 Å². The van der Waals surface area contributed by atoms with Crippen LogP contribution in [0.4, 0.5) is 0 Å². The van der Waals surface area contributed by atoms with Crippen LogP contribution in [-0.2, 0) is 11.3 Å². The van der Waals surface area contributed by atoms with E-state index in [1.807, 2.05) is 49.4 Å². The van der Waals surface area contributed by atoms with E-state index < -0.39 is 0 Å². The molecule has 1 aromatic heterocycles. The minimum Gasteiger partial charge on any atom is -0.314 e. The highest BCUT2D eigenvalue weighted by atomic mass is 32.2. The number of rotatable bonds is 7. The molecule has 31 heavy (non-hydrogen) atoms. The van der Waals surface area contributed by atoms with Gasteiger partial charge in [0.2, 0.25) is 0 Å². The molecular weight excluding hydrogens is 404 g/mol. The van der Waals surface area contributed by atoms with Crippen LogP contribution >= 0.6 is 11.8 Å². The van der Waals surface area contributed by atoms with E-state index in [2.05, 4.69) is 52.3 Å². The Bertz CT molecular complexity index is 1210. The van der Waals surface area contributed by atoms with Crippen LogP contribution in [0.1, 0.15) is 22.3 Å². The van der Waals surface area contributed by atoms with Crippen LogP contribution in [0, 0.1) is 13.8 Å². The van der Waals surface area contributed by atoms with Gasteiger partial charge in [0.05, 0.1) is 29.5 Å². The van der Waals surface area contributed by atoms with E-state index in [1.54, 1.807) is 6.21 Å². The van der Waals surface area contributed by atoms with Crippen LogP contribution in [0.5, 0.6) is 0 Å². The molecule has 1 amide bonds. The van der Waals surface area contributed by atoms with Crippen LogP contribution in [0.3, 0.4) is 0 Å². The van der Waals surface area contributed by atoms with Crippen LogP contribution in [0.2, 0.25) is 0 Å². The SMILES string of the molecule is Cc1ccc(C=NNC(=O)CSc2nc3ccccc3n2Cc2ccc(C)cc2)cc1. The second kappa shape index (κ2) is 9.62. The highest BCUT2D eigenvalue weighted by molar-refractivity contribution is 7.99. The first-order valence-corrected chi connectivity index (χ1v) is 11.1. The summed E-state index contributed by atoms with van der Waals surface area (Å²) in [7, 11) is 0. The lowest BCUT2D eigenvalue weighted by molar-refractivity contribution is -0.118. The highest BCUT2D eigenvalue weighted by Crippen LogP contribution is 2.25. The van der Waals surface area contributed by atoms with Gasteiger partial charge in [0.15, 0.2) is 5.16 Å². The lowest BCUT2D eigenvalue weighted by atomic mass is 10.1. The number of amides is 1. The number of imidazole rings is 1. The average molecular weight is 429 g/mol. The number of hydrogen-bond donors (Lipinski definition) is 1. The van der Waals surface area contributed by atoms with Gasteiger partial charge in [-0.1, -0.05) is 83.6 Å². The number of benzene rings is 3. The maximum atomic E-state index is 12.3. The molecule has 0 atom stereocenters. The minimum atomic E-state index is -0.165. The number of para-hydroxylation sites is 2. The fourth-order valence-electron chi connectivity index (χ4n) is 3.19. The smallest absolute Gasteiger partial charge is 0.250 e. The molecule has 0 aliphatic rings. The van der Waals surface area contributed by atoms with Crippen molar-refractivity contribution < 1.29 is 4.79 Å². The lowest BCUT2D eigenvalue weighted by Gasteiger charge is -2.09. The number of aryl methyl sites for hydroxylation is 2. The Hall–Kier alpha value is -3.38. The highest BCUT2D eigenvalue weighted by Gasteiger charge is 2.13. The quantitative estimate of drug-likeness (QED) is 0.258. The van der Waals surface area contributed by atoms with E-state index in [0.29, 0.717) is 6.54 Å². The molecule has 0 saturated carbocycles. The number of nitrogens with one attached hydrogen (secondary N) is 1. The number of thioether (sulfide) groups is 1. The summed E-state index contributed by atoms with van der Waals surface area (Å²) < 4.78 is 2.16. The molecule has 6 heteroatoms. The van der Waals surface area contributed by atoms with Gasteiger partial charge in [0.25, 0.3) is 5.91 Å². The zero-order chi connectivity index (χ0) is 21.6. The van der Waals surface area contributed by atoms with Gasteiger partial charge in [0, 0.05) is 0 Å². The summed E-state index contributed by atoms with van der Waals surface area (Å²) >= 11 is 1.42. The first kappa shape index (κ1) is 20.9. The average Bonchev–Trinajstić information content (AvgIpc) is 3.12. The van der Waals surface area contributed by atoms with Crippen molar-refractivity contribution in [3.8, 4) is 0 Å². The van der Waals surface area contributed by atoms with Gasteiger partial charge in [-0.05, 0) is 37.1 Å². The number of hydrazone groups is 1. The van der Waals surface area contributed by atoms with Crippen molar-refractivity contribution >= 4 is 34.9 Å². The Morgan fingerprint density at radius 3 is 2.42 bits per heavy atom. The maximum absolute atomic E-state index is 12.3. The molecule has 4 aromatic rings. The van der Waals surface area contributed by atoms with Gasteiger partial charge in [-0.25, -0.2) is 10.4 Å². The fourth-order valence-corrected chi connectivity index (χ4v) is 3.99. The van der Waals surface area contributed by atoms with Crippen molar-refractivity contribution in [2.75, 3.05) is 5.75 Å². The topological polar surface area (TPSA) is 59.3 Å². The second-order valence-electron chi connectivity index (χ2n) is 7.45. The number of aromatic nitrogens is 2. The number of carbonyl (C=O) groups is 1. The minimum absolute atomic E-state index is 0.165. The zero-order valence-corrected chi connectivity index (χ0v) is 18.4. The van der Waals surface area contributed by atoms with Crippen molar-refractivity contribution in [1.82, 2.24) is 15.0 Å². The molecule has 0 aliphatic heterocycles. The van der Waals surface area contributed by atoms with Gasteiger partial charge < -0.3 is 4.57 Å². The summed E-state index contributed by atoms with van der Waals surface area (Å²) in [5, 5.41) is 4.88. The molecule has 156 valence electrons. The molecule has 1 heterocycles. The molecule has 0 bridgehead atoms. The van der Waals surface area contributed by atoms with Crippen LogP contribution in [-0.4, -0.2) is 27.4 Å². The Labute approximate surface area is 186 Å². The van der Waals surface area contributed by atoms with Crippen molar-refractivity contribution in [3.05, 3.63) is 95.1 Å². The second-order valence-corrected chi connectivity index (χ2v) is 8.39. The summed E-state index contributed by atoms with van der Waals surface area (Å²) in [6.45, 7) is 4.82. The van der Waals surface area contributed by atoms with E-state index in [9.17, 15) is 4.79 Å². The molecule has 0 fully saturated rings. The molecule has 0 radical (unpaired) electrons. The molecule has 1 N–H and O–H groups in total. The molecule has 5 nitrogen and oxygen atoms in total. The first-order valence-electron chi connectivity index (χ1n) is 10.1. The standard InChI is InChI=1S/C25H24N4OS/c1-18-7-11-20(12-8-18)15-26-28-24(30)17-31-25-27-22-5-3-4-6-23(22)29(25)16-21-13-9-19(2)10-14-21/h3-15H,16-17H2,1-2H3,(H,28,30). The number of fused-ring (bicyclic) bond motifs is 1. The van der Waals surface area contributed by atoms with Crippen LogP contribution < -0.4 is 5.43 Å². The maximum Gasteiger partial charge on any atom is 0.250 e. The third-order valence-electron chi connectivity index (χ3n) is 4.89. The summed E-state index contributed by atoms with van der Waals surface area (Å²) in [6.07, 6.45) is 1.65. The van der Waals surface area contributed by atoms with E-state index in [-0.39, 0.29) is 11.7 Å². The van der Waals surface area contributed by atoms with Crippen LogP contribution in [0.15, 0.2) is 83.1 Å². The Kier molecular flexibility index (Phi) is 6.48. The molecule has 0 unspecified atom stereocenters. The Balaban J connectivity index is 1.44. The van der Waals surface area contributed by atoms with E-state index >= 15 is 0 Å². The van der Waals surface area contributed by atoms with E-state index in [0.717, 1.165) is 21.8 Å². The Morgan fingerprint density at radius 2 is 1.68 bits per heavy atom. The summed E-state index contributed by atoms with van der Waals surface area (Å²) in [5.41, 5.74) is 9.14. The fraction of sp³-hybridized carbons (Fsp3) is 0.160. The van der Waals surface area contributed by atoms with Gasteiger partial charge in [-0.15, -0.1) is 0 Å². The Morgan fingerprint density at radius 1 is 1.00 bits per heavy atom. The molecule has 0 saturated heterocycles. The predicted octanol–water partition coefficient (Wildman–Crippen LogP) is 4.94. The van der Waals surface area contributed by atoms with Crippen LogP contribution in [0.25, 0.3) is 11.0 Å². The summed E-state index contributed by atoms with van der Waals surface area (Å²) in [5.74, 6) is 0.0740. The molecule has 0 spiro atoms. The normalized spacial score (nSPS) is 11.3. The van der Waals surface area contributed by atoms with Gasteiger partial charge in [0.1, 0.15) is 0 Å². The molecule has 4 rings (SSSR count). The third kappa shape index (κ3) is 5.41. The summed E-state index contributed by atoms with van der Waals surface area (Å²) in [6, 6.07) is 24.5. The third-order valence-corrected chi connectivity index (χ3v) is 5.87. The van der Waals surface area contributed by atoms with E-state index in [1.165, 1.54) is 28.5 Å². The zero-order valence-electron chi connectivity index (χ0n) is 17.6. The van der Waals surface area contributed by atoms with E-state index in [4.69, 9.17) is 4.98 Å². The lowest BCUT2D eigenvalue weighted by Crippen LogP contribution is -2.20. The van der Waals surface area contributed by atoms with Gasteiger partial charge in [-0.2, -0.15) is 5.10 Å². The van der Waals surface area contributed by atoms with Crippen molar-refractivity contribution in [3.63, 3.8) is 0 Å². The summed E-state index contributed by atoms with van der Waals surface area (Å²) in [4.78, 5) is 17.0. The van der Waals surface area contributed by atoms with Gasteiger partial charge >= 0.3 is 0 Å². The number of carbonyl (C=O) groups excluding carboxylic acids is 1. The largest absolute Gasteiger partial charge is 0.314 e. The van der Waals surface area contributed by atoms with Crippen molar-refractivity contribution in [2.24, 2.45) is 5.10 Å².